The minimum absolute atomic E-state index is 0.295. The van der Waals surface area contributed by atoms with E-state index >= 15 is 0 Å². The number of fused-ring (bicyclic) bond motifs is 1. The predicted molar refractivity (Wildman–Crippen MR) is 112 cm³/mol. The van der Waals surface area contributed by atoms with E-state index in [2.05, 4.69) is 28.5 Å². The Morgan fingerprint density at radius 3 is 2.62 bits per heavy atom. The van der Waals surface area contributed by atoms with Crippen molar-refractivity contribution in [1.29, 1.82) is 0 Å². The van der Waals surface area contributed by atoms with Gasteiger partial charge in [-0.2, -0.15) is 0 Å². The number of aryl methyl sites for hydroxylation is 1. The van der Waals surface area contributed by atoms with Gasteiger partial charge in [-0.3, -0.25) is 4.98 Å². The molecule has 0 spiro atoms. The second-order valence-electron chi connectivity index (χ2n) is 7.52. The summed E-state index contributed by atoms with van der Waals surface area (Å²) in [6.45, 7) is 0.502. The molecule has 0 saturated carbocycles. The van der Waals surface area contributed by atoms with Crippen molar-refractivity contribution in [3.8, 4) is 11.1 Å². The first-order valence-electron chi connectivity index (χ1n) is 9.87. The highest BCUT2D eigenvalue weighted by Crippen LogP contribution is 2.28. The summed E-state index contributed by atoms with van der Waals surface area (Å²) in [5.41, 5.74) is 5.90. The van der Waals surface area contributed by atoms with Crippen LogP contribution in [0.15, 0.2) is 67.0 Å². The number of pyridine rings is 1. The zero-order chi connectivity index (χ0) is 20.2. The minimum atomic E-state index is -0.913. The zero-order valence-corrected chi connectivity index (χ0v) is 16.1. The molecule has 2 aromatic carbocycles. The molecule has 0 aliphatic heterocycles. The summed E-state index contributed by atoms with van der Waals surface area (Å²) >= 11 is 0. The van der Waals surface area contributed by atoms with Gasteiger partial charge in [0, 0.05) is 30.5 Å². The molecule has 4 rings (SSSR count). The number of benzene rings is 2. The van der Waals surface area contributed by atoms with Crippen LogP contribution in [0.2, 0.25) is 0 Å². The number of carboxylic acids is 1. The molecule has 1 heterocycles. The van der Waals surface area contributed by atoms with Crippen molar-refractivity contribution in [3.63, 3.8) is 0 Å². The Hall–Kier alpha value is -3.02. The van der Waals surface area contributed by atoms with Crippen LogP contribution in [0.4, 0.5) is 0 Å². The van der Waals surface area contributed by atoms with Gasteiger partial charge < -0.3 is 15.5 Å². The van der Waals surface area contributed by atoms with Crippen molar-refractivity contribution in [2.45, 2.75) is 31.4 Å². The lowest BCUT2D eigenvalue weighted by Gasteiger charge is -2.27. The van der Waals surface area contributed by atoms with Crippen LogP contribution in [0.1, 0.15) is 39.6 Å². The molecule has 0 bridgehead atoms. The smallest absolute Gasteiger partial charge is 0.335 e. The maximum atomic E-state index is 11.0. The van der Waals surface area contributed by atoms with Crippen molar-refractivity contribution in [1.82, 2.24) is 10.3 Å². The van der Waals surface area contributed by atoms with Gasteiger partial charge in [0.1, 0.15) is 0 Å². The molecule has 1 aliphatic rings. The number of carbonyl (C=O) groups is 1. The van der Waals surface area contributed by atoms with Gasteiger partial charge in [0.2, 0.25) is 0 Å². The van der Waals surface area contributed by atoms with Crippen LogP contribution in [0.25, 0.3) is 11.1 Å². The number of hydrogen-bond donors (Lipinski definition) is 3. The average molecular weight is 388 g/mol. The largest absolute Gasteiger partial charge is 0.478 e. The quantitative estimate of drug-likeness (QED) is 0.601. The topological polar surface area (TPSA) is 82.5 Å². The molecule has 1 aromatic heterocycles. The summed E-state index contributed by atoms with van der Waals surface area (Å²) in [4.78, 5) is 15.1. The third kappa shape index (κ3) is 4.53. The number of aliphatic hydroxyl groups excluding tert-OH is 1. The molecule has 5 nitrogen and oxygen atoms in total. The van der Waals surface area contributed by atoms with Crippen LogP contribution in [0.5, 0.6) is 0 Å². The normalized spacial score (nSPS) is 16.8. The van der Waals surface area contributed by atoms with Crippen LogP contribution in [-0.4, -0.2) is 33.8 Å². The van der Waals surface area contributed by atoms with Crippen LogP contribution < -0.4 is 5.32 Å². The molecule has 29 heavy (non-hydrogen) atoms. The van der Waals surface area contributed by atoms with Crippen LogP contribution >= 0.6 is 0 Å². The van der Waals surface area contributed by atoms with Gasteiger partial charge >= 0.3 is 5.97 Å². The number of carboxylic acid groups (broad SMARTS) is 1. The summed E-state index contributed by atoms with van der Waals surface area (Å²) in [6, 6.07) is 17.5. The standard InChI is InChI=1S/C24H24N2O3/c27-23(20-2-1-11-25-14-20)15-26-22-10-9-17-5-8-19(12-21(17)13-22)16-3-6-18(7-4-16)24(28)29/h1-8,11-12,14,22-23,26-27H,9-10,13,15H2,(H,28,29)/t22-,23+/m0/s1. The average Bonchev–Trinajstić information content (AvgIpc) is 2.77. The number of nitrogens with zero attached hydrogens (tertiary/aromatic N) is 1. The monoisotopic (exact) mass is 388 g/mol. The highest BCUT2D eigenvalue weighted by atomic mass is 16.4. The summed E-state index contributed by atoms with van der Waals surface area (Å²) < 4.78 is 0. The highest BCUT2D eigenvalue weighted by Gasteiger charge is 2.20. The Kier molecular flexibility index (Phi) is 5.69. The van der Waals surface area contributed by atoms with Gasteiger partial charge in [-0.05, 0) is 59.7 Å². The van der Waals surface area contributed by atoms with E-state index in [9.17, 15) is 9.90 Å². The lowest BCUT2D eigenvalue weighted by Crippen LogP contribution is -2.37. The first kappa shape index (κ1) is 19.3. The van der Waals surface area contributed by atoms with Gasteiger partial charge in [0.05, 0.1) is 11.7 Å². The van der Waals surface area contributed by atoms with Crippen molar-refractivity contribution >= 4 is 5.97 Å². The Bertz CT molecular complexity index is 987. The van der Waals surface area contributed by atoms with Gasteiger partial charge in [0.25, 0.3) is 0 Å². The summed E-state index contributed by atoms with van der Waals surface area (Å²) in [7, 11) is 0. The van der Waals surface area contributed by atoms with E-state index < -0.39 is 12.1 Å². The van der Waals surface area contributed by atoms with E-state index in [4.69, 9.17) is 5.11 Å². The summed E-state index contributed by atoms with van der Waals surface area (Å²) in [6.07, 6.45) is 5.80. The molecule has 0 amide bonds. The third-order valence-corrected chi connectivity index (χ3v) is 5.57. The van der Waals surface area contributed by atoms with Crippen molar-refractivity contribution in [2.24, 2.45) is 0 Å². The Morgan fingerprint density at radius 1 is 1.10 bits per heavy atom. The second kappa shape index (κ2) is 8.55. The fraction of sp³-hybridized carbons (Fsp3) is 0.250. The second-order valence-corrected chi connectivity index (χ2v) is 7.52. The molecule has 3 aromatic rings. The molecule has 0 radical (unpaired) electrons. The lowest BCUT2D eigenvalue weighted by atomic mass is 9.86. The Balaban J connectivity index is 1.43. The van der Waals surface area contributed by atoms with Gasteiger partial charge in [-0.1, -0.05) is 36.4 Å². The molecule has 1 aliphatic carbocycles. The Labute approximate surface area is 170 Å². The van der Waals surface area contributed by atoms with E-state index in [-0.39, 0.29) is 0 Å². The molecule has 0 saturated heterocycles. The van der Waals surface area contributed by atoms with Gasteiger partial charge in [0.15, 0.2) is 0 Å². The lowest BCUT2D eigenvalue weighted by molar-refractivity contribution is 0.0697. The molecular formula is C24H24N2O3. The fourth-order valence-electron chi connectivity index (χ4n) is 3.89. The van der Waals surface area contributed by atoms with E-state index in [0.29, 0.717) is 18.2 Å². The zero-order valence-electron chi connectivity index (χ0n) is 16.1. The number of nitrogens with one attached hydrogen (secondary N) is 1. The van der Waals surface area contributed by atoms with E-state index in [0.717, 1.165) is 36.0 Å². The van der Waals surface area contributed by atoms with E-state index in [1.807, 2.05) is 24.3 Å². The van der Waals surface area contributed by atoms with Crippen LogP contribution in [0.3, 0.4) is 0 Å². The predicted octanol–water partition coefficient (Wildman–Crippen LogP) is 3.63. The minimum Gasteiger partial charge on any atom is -0.478 e. The third-order valence-electron chi connectivity index (χ3n) is 5.57. The molecule has 3 N–H and O–H groups in total. The van der Waals surface area contributed by atoms with Gasteiger partial charge in [-0.25, -0.2) is 4.79 Å². The first-order chi connectivity index (χ1) is 14.1. The van der Waals surface area contributed by atoms with E-state index in [1.54, 1.807) is 24.5 Å². The molecular weight excluding hydrogens is 364 g/mol. The molecule has 0 fully saturated rings. The van der Waals surface area contributed by atoms with Crippen molar-refractivity contribution in [3.05, 3.63) is 89.2 Å². The fourth-order valence-corrected chi connectivity index (χ4v) is 3.89. The van der Waals surface area contributed by atoms with Crippen molar-refractivity contribution in [2.75, 3.05) is 6.54 Å². The molecule has 148 valence electrons. The van der Waals surface area contributed by atoms with E-state index in [1.165, 1.54) is 11.1 Å². The van der Waals surface area contributed by atoms with Crippen molar-refractivity contribution < 1.29 is 15.0 Å². The number of aliphatic hydroxyl groups is 1. The van der Waals surface area contributed by atoms with Crippen LogP contribution in [0, 0.1) is 0 Å². The highest BCUT2D eigenvalue weighted by molar-refractivity contribution is 5.88. The molecule has 5 heteroatoms. The summed E-state index contributed by atoms with van der Waals surface area (Å²) in [5.74, 6) is -0.913. The molecule has 2 atom stereocenters. The maximum Gasteiger partial charge on any atom is 0.335 e. The molecule has 0 unspecified atom stereocenters. The number of aromatic carboxylic acids is 1. The number of hydrogen-bond acceptors (Lipinski definition) is 4. The van der Waals surface area contributed by atoms with Crippen LogP contribution in [-0.2, 0) is 12.8 Å². The number of rotatable bonds is 6. The number of aromatic nitrogens is 1. The first-order valence-corrected chi connectivity index (χ1v) is 9.87. The maximum absolute atomic E-state index is 11.0. The van der Waals surface area contributed by atoms with Gasteiger partial charge in [-0.15, -0.1) is 0 Å². The SMILES string of the molecule is O=C(O)c1ccc(-c2ccc3c(c2)C[C@@H](NC[C@@H](O)c2cccnc2)CC3)cc1. The summed E-state index contributed by atoms with van der Waals surface area (Å²) in [5, 5.41) is 22.9. The Morgan fingerprint density at radius 2 is 1.90 bits per heavy atom.